The van der Waals surface area contributed by atoms with Crippen molar-refractivity contribution in [1.82, 2.24) is 0 Å². The third kappa shape index (κ3) is 1.52. The molecule has 0 saturated heterocycles. The molecule has 1 aromatic rings. The Hall–Kier alpha value is -0.980. The largest absolute Gasteiger partial charge is 0.374 e. The summed E-state index contributed by atoms with van der Waals surface area (Å²) >= 11 is 0. The molecule has 0 saturated carbocycles. The average molecular weight is 189 g/mol. The summed E-state index contributed by atoms with van der Waals surface area (Å²) < 4.78 is 0. The van der Waals surface area contributed by atoms with Crippen molar-refractivity contribution in [3.05, 3.63) is 29.8 Å². The van der Waals surface area contributed by atoms with E-state index in [0.717, 1.165) is 11.8 Å². The second-order valence-corrected chi connectivity index (χ2v) is 4.62. The normalized spacial score (nSPS) is 21.1. The molecule has 0 fully saturated rings. The number of fused-ring (bicyclic) bond motifs is 1. The highest BCUT2D eigenvalue weighted by Crippen LogP contribution is 2.38. The van der Waals surface area contributed by atoms with Crippen LogP contribution in [0.2, 0.25) is 0 Å². The molecule has 0 aromatic heterocycles. The fourth-order valence-corrected chi connectivity index (χ4v) is 2.45. The molecule has 0 spiro atoms. The molecule has 0 amide bonds. The molecule has 0 radical (unpaired) electrons. The van der Waals surface area contributed by atoms with E-state index in [9.17, 15) is 0 Å². The number of anilines is 1. The van der Waals surface area contributed by atoms with Gasteiger partial charge in [0.1, 0.15) is 0 Å². The number of benzene rings is 1. The van der Waals surface area contributed by atoms with E-state index >= 15 is 0 Å². The molecule has 76 valence electrons. The molecule has 1 aliphatic heterocycles. The van der Waals surface area contributed by atoms with Crippen LogP contribution in [0.25, 0.3) is 0 Å². The van der Waals surface area contributed by atoms with Gasteiger partial charge in [0, 0.05) is 19.3 Å². The molecule has 1 aliphatic rings. The minimum Gasteiger partial charge on any atom is -0.374 e. The molecule has 1 nitrogen and oxygen atoms in total. The van der Waals surface area contributed by atoms with Crippen molar-refractivity contribution < 1.29 is 0 Å². The smallest absolute Gasteiger partial charge is 0.0399 e. The van der Waals surface area contributed by atoms with Gasteiger partial charge in [-0.3, -0.25) is 0 Å². The Bertz CT molecular complexity index is 317. The first-order valence-electron chi connectivity index (χ1n) is 5.50. The predicted molar refractivity (Wildman–Crippen MR) is 61.9 cm³/mol. The van der Waals surface area contributed by atoms with E-state index < -0.39 is 0 Å². The fraction of sp³-hybridized carbons (Fsp3) is 0.538. The Morgan fingerprint density at radius 3 is 2.71 bits per heavy atom. The van der Waals surface area contributed by atoms with E-state index in [1.54, 1.807) is 0 Å². The van der Waals surface area contributed by atoms with Gasteiger partial charge in [-0.2, -0.15) is 0 Å². The molecule has 14 heavy (non-hydrogen) atoms. The highest BCUT2D eigenvalue weighted by Gasteiger charge is 2.24. The maximum absolute atomic E-state index is 2.37. The van der Waals surface area contributed by atoms with Crippen molar-refractivity contribution in [3.63, 3.8) is 0 Å². The van der Waals surface area contributed by atoms with Gasteiger partial charge < -0.3 is 4.90 Å². The Morgan fingerprint density at radius 2 is 2.00 bits per heavy atom. The summed E-state index contributed by atoms with van der Waals surface area (Å²) in [4.78, 5) is 2.37. The summed E-state index contributed by atoms with van der Waals surface area (Å²) in [6, 6.07) is 8.82. The molecule has 0 bridgehead atoms. The summed E-state index contributed by atoms with van der Waals surface area (Å²) in [5, 5.41) is 0. The van der Waals surface area contributed by atoms with Gasteiger partial charge in [-0.15, -0.1) is 0 Å². The van der Waals surface area contributed by atoms with Gasteiger partial charge in [-0.25, -0.2) is 0 Å². The molecule has 0 N–H and O–H groups in total. The van der Waals surface area contributed by atoms with Gasteiger partial charge in [-0.1, -0.05) is 32.0 Å². The molecular formula is C13H19N. The second-order valence-electron chi connectivity index (χ2n) is 4.62. The zero-order valence-electron chi connectivity index (χ0n) is 9.33. The fourth-order valence-electron chi connectivity index (χ4n) is 2.45. The molecule has 1 heterocycles. The van der Waals surface area contributed by atoms with Crippen LogP contribution >= 0.6 is 0 Å². The van der Waals surface area contributed by atoms with Crippen molar-refractivity contribution in [1.29, 1.82) is 0 Å². The molecule has 1 atom stereocenters. The van der Waals surface area contributed by atoms with E-state index in [-0.39, 0.29) is 0 Å². The maximum Gasteiger partial charge on any atom is 0.0399 e. The summed E-state index contributed by atoms with van der Waals surface area (Å²) in [6.45, 7) is 5.85. The molecule has 1 aromatic carbocycles. The first-order chi connectivity index (χ1) is 6.70. The molecular weight excluding hydrogens is 170 g/mol. The van der Waals surface area contributed by atoms with Crippen LogP contribution in [0.3, 0.4) is 0 Å². The number of rotatable bonds is 1. The first-order valence-corrected chi connectivity index (χ1v) is 5.50. The molecule has 2 rings (SSSR count). The topological polar surface area (TPSA) is 3.24 Å². The lowest BCUT2D eigenvalue weighted by Crippen LogP contribution is -2.28. The van der Waals surface area contributed by atoms with Crippen LogP contribution in [-0.4, -0.2) is 13.6 Å². The van der Waals surface area contributed by atoms with Crippen molar-refractivity contribution in [2.75, 3.05) is 18.5 Å². The Morgan fingerprint density at radius 1 is 1.29 bits per heavy atom. The summed E-state index contributed by atoms with van der Waals surface area (Å²) in [6.07, 6.45) is 1.30. The van der Waals surface area contributed by atoms with Crippen LogP contribution in [0.15, 0.2) is 24.3 Å². The predicted octanol–water partition coefficient (Wildman–Crippen LogP) is 3.27. The van der Waals surface area contributed by atoms with Gasteiger partial charge in [-0.05, 0) is 29.9 Å². The number of hydrogen-bond acceptors (Lipinski definition) is 1. The monoisotopic (exact) mass is 189 g/mol. The lowest BCUT2D eigenvalue weighted by atomic mass is 9.82. The minimum absolute atomic E-state index is 0.752. The van der Waals surface area contributed by atoms with Crippen LogP contribution in [0.1, 0.15) is 31.7 Å². The zero-order chi connectivity index (χ0) is 10.1. The standard InChI is InChI=1S/C13H19N/c1-10(2)11-8-9-14(3)13-7-5-4-6-12(11)13/h4-7,10-11H,8-9H2,1-3H3. The van der Waals surface area contributed by atoms with Crippen LogP contribution in [0.5, 0.6) is 0 Å². The summed E-state index contributed by atoms with van der Waals surface area (Å²) in [7, 11) is 2.19. The third-order valence-corrected chi connectivity index (χ3v) is 3.33. The van der Waals surface area contributed by atoms with Crippen molar-refractivity contribution in [3.8, 4) is 0 Å². The van der Waals surface area contributed by atoms with E-state index in [0.29, 0.717) is 0 Å². The lowest BCUT2D eigenvalue weighted by molar-refractivity contribution is 0.456. The van der Waals surface area contributed by atoms with Gasteiger partial charge in [0.2, 0.25) is 0 Å². The van der Waals surface area contributed by atoms with Crippen molar-refractivity contribution >= 4 is 5.69 Å². The quantitative estimate of drug-likeness (QED) is 0.655. The lowest BCUT2D eigenvalue weighted by Gasteiger charge is -2.35. The average Bonchev–Trinajstić information content (AvgIpc) is 2.18. The minimum atomic E-state index is 0.752. The van der Waals surface area contributed by atoms with E-state index in [1.807, 2.05) is 0 Å². The third-order valence-electron chi connectivity index (χ3n) is 3.33. The maximum atomic E-state index is 2.37. The van der Waals surface area contributed by atoms with Gasteiger partial charge in [0.15, 0.2) is 0 Å². The van der Waals surface area contributed by atoms with Crippen molar-refractivity contribution in [2.45, 2.75) is 26.2 Å². The second kappa shape index (κ2) is 3.64. The summed E-state index contributed by atoms with van der Waals surface area (Å²) in [5.41, 5.74) is 2.97. The van der Waals surface area contributed by atoms with E-state index in [1.165, 1.54) is 24.2 Å². The van der Waals surface area contributed by atoms with Gasteiger partial charge in [0.05, 0.1) is 0 Å². The molecule has 0 aliphatic carbocycles. The Balaban J connectivity index is 2.41. The van der Waals surface area contributed by atoms with Crippen molar-refractivity contribution in [2.24, 2.45) is 5.92 Å². The van der Waals surface area contributed by atoms with E-state index in [2.05, 4.69) is 50.1 Å². The highest BCUT2D eigenvalue weighted by atomic mass is 15.1. The van der Waals surface area contributed by atoms with Gasteiger partial charge >= 0.3 is 0 Å². The Labute approximate surface area is 86.7 Å². The first kappa shape index (κ1) is 9.57. The molecule has 1 unspecified atom stereocenters. The van der Waals surface area contributed by atoms with Crippen LogP contribution in [0.4, 0.5) is 5.69 Å². The highest BCUT2D eigenvalue weighted by molar-refractivity contribution is 5.56. The number of hydrogen-bond donors (Lipinski definition) is 0. The summed E-state index contributed by atoms with van der Waals surface area (Å²) in [5.74, 6) is 1.51. The zero-order valence-corrected chi connectivity index (χ0v) is 9.33. The molecule has 1 heteroatoms. The van der Waals surface area contributed by atoms with E-state index in [4.69, 9.17) is 0 Å². The van der Waals surface area contributed by atoms with Crippen LogP contribution in [-0.2, 0) is 0 Å². The SMILES string of the molecule is CC(C)C1CCN(C)c2ccccc21. The van der Waals surface area contributed by atoms with Crippen LogP contribution < -0.4 is 4.90 Å². The number of para-hydroxylation sites is 1. The van der Waals surface area contributed by atoms with Crippen LogP contribution in [0, 0.1) is 5.92 Å². The Kier molecular flexibility index (Phi) is 2.49. The van der Waals surface area contributed by atoms with Gasteiger partial charge in [0.25, 0.3) is 0 Å². The number of nitrogens with zero attached hydrogens (tertiary/aromatic N) is 1.